The molecule has 0 unspecified atom stereocenters. The second-order valence-corrected chi connectivity index (χ2v) is 12.4. The van der Waals surface area contributed by atoms with Crippen LogP contribution in [0.1, 0.15) is 35.2 Å². The smallest absolute Gasteiger partial charge is 0.271 e. The van der Waals surface area contributed by atoms with Gasteiger partial charge in [0.1, 0.15) is 12.4 Å². The molecular formula is C37H32ClN3O5S. The highest BCUT2D eigenvalue weighted by Gasteiger charge is 2.33. The van der Waals surface area contributed by atoms with Crippen molar-refractivity contribution in [3.63, 3.8) is 0 Å². The molecule has 0 radical (unpaired) electrons. The lowest BCUT2D eigenvalue weighted by Crippen LogP contribution is -2.40. The first kappa shape index (κ1) is 31.8. The molecule has 1 amide bonds. The first-order chi connectivity index (χ1) is 22.8. The van der Waals surface area contributed by atoms with E-state index in [1.54, 1.807) is 43.9 Å². The van der Waals surface area contributed by atoms with Gasteiger partial charge in [-0.3, -0.25) is 14.2 Å². The van der Waals surface area contributed by atoms with Gasteiger partial charge in [0.15, 0.2) is 16.3 Å². The molecule has 1 N–H and O–H groups in total. The number of anilines is 1. The SMILES string of the molecule is COc1ccc([C@H]2C(C(=O)Nc3ccccc3C)=C(C)N=c3s/c(=C\c4ccccc4OCc4cccc(Cl)c4)c(=O)n32)cc1OC. The summed E-state index contributed by atoms with van der Waals surface area (Å²) in [6.45, 7) is 4.02. The quantitative estimate of drug-likeness (QED) is 0.196. The first-order valence-electron chi connectivity index (χ1n) is 14.8. The molecule has 8 nitrogen and oxygen atoms in total. The van der Waals surface area contributed by atoms with Gasteiger partial charge < -0.3 is 19.5 Å². The minimum Gasteiger partial charge on any atom is -0.493 e. The van der Waals surface area contributed by atoms with Crippen LogP contribution in [-0.4, -0.2) is 24.7 Å². The van der Waals surface area contributed by atoms with Gasteiger partial charge in [-0.2, -0.15) is 0 Å². The van der Waals surface area contributed by atoms with E-state index in [2.05, 4.69) is 5.32 Å². The van der Waals surface area contributed by atoms with Crippen LogP contribution in [0.2, 0.25) is 5.02 Å². The van der Waals surface area contributed by atoms with Crippen LogP contribution in [0.3, 0.4) is 0 Å². The molecule has 1 aliphatic rings. The van der Waals surface area contributed by atoms with Gasteiger partial charge in [0, 0.05) is 16.3 Å². The number of hydrogen-bond donors (Lipinski definition) is 1. The van der Waals surface area contributed by atoms with E-state index in [0.29, 0.717) is 60.7 Å². The van der Waals surface area contributed by atoms with Crippen LogP contribution in [0.5, 0.6) is 17.2 Å². The zero-order valence-electron chi connectivity index (χ0n) is 26.2. The number of fused-ring (bicyclic) bond motifs is 1. The minimum atomic E-state index is -0.786. The standard InChI is InChI=1S/C37H32ClN3O5S/c1-22-10-5-7-14-28(22)40-35(42)33-23(2)39-37-41(34(33)26-16-17-30(44-3)31(19-26)45-4)36(43)32(47-37)20-25-12-6-8-15-29(25)46-21-24-11-9-13-27(38)18-24/h5-20,34H,21H2,1-4H3,(H,40,42)/b32-20-/t34-/m0/s1. The number of nitrogens with zero attached hydrogens (tertiary/aromatic N) is 2. The van der Waals surface area contributed by atoms with Crippen LogP contribution in [0.15, 0.2) is 112 Å². The molecular weight excluding hydrogens is 634 g/mol. The molecule has 5 aromatic rings. The third kappa shape index (κ3) is 6.58. The molecule has 0 fully saturated rings. The predicted molar refractivity (Wildman–Crippen MR) is 185 cm³/mol. The van der Waals surface area contributed by atoms with Crippen molar-refractivity contribution >= 4 is 40.6 Å². The number of aryl methyl sites for hydroxylation is 1. The summed E-state index contributed by atoms with van der Waals surface area (Å²) in [6.07, 6.45) is 1.80. The van der Waals surface area contributed by atoms with Crippen LogP contribution >= 0.6 is 22.9 Å². The molecule has 0 bridgehead atoms. The van der Waals surface area contributed by atoms with Crippen molar-refractivity contribution in [3.05, 3.63) is 149 Å². The monoisotopic (exact) mass is 665 g/mol. The lowest BCUT2D eigenvalue weighted by Gasteiger charge is -2.26. The van der Waals surface area contributed by atoms with Gasteiger partial charge in [-0.25, -0.2) is 4.99 Å². The predicted octanol–water partition coefficient (Wildman–Crippen LogP) is 6.43. The summed E-state index contributed by atoms with van der Waals surface area (Å²) in [6, 6.07) is 27.2. The topological polar surface area (TPSA) is 91.2 Å². The second kappa shape index (κ2) is 13.7. The molecule has 0 saturated heterocycles. The number of hydrogen-bond acceptors (Lipinski definition) is 7. The number of halogens is 1. The number of rotatable bonds is 9. The number of amides is 1. The van der Waals surface area contributed by atoms with Crippen LogP contribution < -0.4 is 34.4 Å². The van der Waals surface area contributed by atoms with Gasteiger partial charge in [0.05, 0.1) is 36.1 Å². The van der Waals surface area contributed by atoms with Gasteiger partial charge in [0.25, 0.3) is 11.5 Å². The molecule has 0 spiro atoms. The molecule has 1 aliphatic heterocycles. The van der Waals surface area contributed by atoms with Crippen molar-refractivity contribution < 1.29 is 19.0 Å². The molecule has 10 heteroatoms. The van der Waals surface area contributed by atoms with Gasteiger partial charge >= 0.3 is 0 Å². The Morgan fingerprint density at radius 2 is 1.70 bits per heavy atom. The fourth-order valence-electron chi connectivity index (χ4n) is 5.51. The summed E-state index contributed by atoms with van der Waals surface area (Å²) in [4.78, 5) is 33.6. The van der Waals surface area contributed by atoms with Gasteiger partial charge in [-0.15, -0.1) is 0 Å². The van der Waals surface area contributed by atoms with E-state index in [-0.39, 0.29) is 11.5 Å². The highest BCUT2D eigenvalue weighted by Crippen LogP contribution is 2.36. The molecule has 1 atom stereocenters. The van der Waals surface area contributed by atoms with Crippen LogP contribution in [0.25, 0.3) is 6.08 Å². The Morgan fingerprint density at radius 3 is 2.47 bits per heavy atom. The van der Waals surface area contributed by atoms with Crippen LogP contribution in [-0.2, 0) is 11.4 Å². The van der Waals surface area contributed by atoms with Gasteiger partial charge in [-0.1, -0.05) is 77.5 Å². The summed E-state index contributed by atoms with van der Waals surface area (Å²) in [5, 5.41) is 3.67. The lowest BCUT2D eigenvalue weighted by molar-refractivity contribution is -0.113. The van der Waals surface area contributed by atoms with E-state index in [4.69, 9.17) is 30.8 Å². The molecule has 47 heavy (non-hydrogen) atoms. The Labute approximate surface area is 280 Å². The molecule has 2 heterocycles. The summed E-state index contributed by atoms with van der Waals surface area (Å²) in [7, 11) is 3.11. The Morgan fingerprint density at radius 1 is 0.936 bits per heavy atom. The molecule has 238 valence electrons. The fraction of sp³-hybridized carbons (Fsp3) is 0.162. The Bertz CT molecular complexity index is 2200. The van der Waals surface area contributed by atoms with E-state index in [9.17, 15) is 9.59 Å². The third-order valence-corrected chi connectivity index (χ3v) is 9.09. The van der Waals surface area contributed by atoms with E-state index < -0.39 is 6.04 Å². The molecule has 6 rings (SSSR count). The average Bonchev–Trinajstić information content (AvgIpc) is 3.37. The Balaban J connectivity index is 1.46. The molecule has 0 aliphatic carbocycles. The normalized spacial score (nSPS) is 14.3. The number of methoxy groups -OCH3 is 2. The number of aromatic nitrogens is 1. The first-order valence-corrected chi connectivity index (χ1v) is 16.0. The van der Waals surface area contributed by atoms with Crippen molar-refractivity contribution in [2.24, 2.45) is 4.99 Å². The summed E-state index contributed by atoms with van der Waals surface area (Å²) in [5.41, 5.74) is 4.49. The summed E-state index contributed by atoms with van der Waals surface area (Å²) in [5.74, 6) is 1.27. The average molecular weight is 666 g/mol. The van der Waals surface area contributed by atoms with Crippen molar-refractivity contribution in [2.75, 3.05) is 19.5 Å². The zero-order chi connectivity index (χ0) is 33.1. The highest BCUT2D eigenvalue weighted by atomic mass is 35.5. The molecule has 1 aromatic heterocycles. The van der Waals surface area contributed by atoms with E-state index >= 15 is 0 Å². The zero-order valence-corrected chi connectivity index (χ0v) is 27.8. The largest absolute Gasteiger partial charge is 0.493 e. The lowest BCUT2D eigenvalue weighted by atomic mass is 9.94. The number of carbonyl (C=O) groups excluding carboxylic acids is 1. The maximum Gasteiger partial charge on any atom is 0.271 e. The molecule has 4 aromatic carbocycles. The summed E-state index contributed by atoms with van der Waals surface area (Å²) >= 11 is 7.42. The van der Waals surface area contributed by atoms with E-state index in [1.165, 1.54) is 11.3 Å². The number of thiazole rings is 1. The number of allylic oxidation sites excluding steroid dienone is 1. The van der Waals surface area contributed by atoms with Gasteiger partial charge in [-0.05, 0) is 73.0 Å². The van der Waals surface area contributed by atoms with Crippen molar-refractivity contribution in [2.45, 2.75) is 26.5 Å². The number of carbonyl (C=O) groups is 1. The van der Waals surface area contributed by atoms with Crippen molar-refractivity contribution in [3.8, 4) is 17.2 Å². The van der Waals surface area contributed by atoms with Crippen LogP contribution in [0, 0.1) is 6.92 Å². The number of para-hydroxylation sites is 2. The maximum atomic E-state index is 14.3. The van der Waals surface area contributed by atoms with Crippen molar-refractivity contribution in [1.29, 1.82) is 0 Å². The minimum absolute atomic E-state index is 0.285. The van der Waals surface area contributed by atoms with E-state index in [0.717, 1.165) is 16.7 Å². The van der Waals surface area contributed by atoms with Gasteiger partial charge in [0.2, 0.25) is 0 Å². The van der Waals surface area contributed by atoms with Crippen molar-refractivity contribution in [1.82, 2.24) is 4.57 Å². The Kier molecular flexibility index (Phi) is 9.29. The maximum absolute atomic E-state index is 14.3. The van der Waals surface area contributed by atoms with E-state index in [1.807, 2.05) is 85.8 Å². The summed E-state index contributed by atoms with van der Waals surface area (Å²) < 4.78 is 19.3. The fourth-order valence-corrected chi connectivity index (χ4v) is 6.76. The molecule has 0 saturated carbocycles. The number of nitrogens with one attached hydrogen (secondary N) is 1. The number of benzene rings is 4. The third-order valence-electron chi connectivity index (χ3n) is 7.87. The second-order valence-electron chi connectivity index (χ2n) is 10.9. The highest BCUT2D eigenvalue weighted by molar-refractivity contribution is 7.07. The number of ether oxygens (including phenoxy) is 3. The Hall–Kier alpha value is -5.12. The van der Waals surface area contributed by atoms with Crippen LogP contribution in [0.4, 0.5) is 5.69 Å².